The number of amides is 1. The number of nitrogens with one attached hydrogen (secondary N) is 1. The minimum atomic E-state index is -0.539. The number of amidine groups is 1. The van der Waals surface area contributed by atoms with Gasteiger partial charge in [0.2, 0.25) is 5.91 Å². The molecule has 3 rings (SSSR count). The Labute approximate surface area is 199 Å². The van der Waals surface area contributed by atoms with Crippen molar-refractivity contribution in [3.05, 3.63) is 46.1 Å². The minimum absolute atomic E-state index is 0.0799. The fourth-order valence-corrected chi connectivity index (χ4v) is 4.70. The number of aliphatic imine (C=N–C) groups is 1. The van der Waals surface area contributed by atoms with Crippen molar-refractivity contribution in [1.29, 1.82) is 0 Å². The molecular weight excluding hydrogens is 442 g/mol. The molecule has 0 aliphatic carbocycles. The van der Waals surface area contributed by atoms with Crippen molar-refractivity contribution in [2.75, 3.05) is 27.9 Å². The number of methoxy groups -OCH3 is 3. The van der Waals surface area contributed by atoms with E-state index in [1.54, 1.807) is 20.3 Å². The van der Waals surface area contributed by atoms with Crippen molar-refractivity contribution in [3.8, 4) is 11.5 Å². The Bertz CT molecular complexity index is 993. The molecule has 9 heteroatoms. The van der Waals surface area contributed by atoms with Gasteiger partial charge in [-0.15, -0.1) is 0 Å². The first-order chi connectivity index (χ1) is 15.8. The van der Waals surface area contributed by atoms with Crippen LogP contribution in [-0.4, -0.2) is 49.8 Å². The highest BCUT2D eigenvalue weighted by Gasteiger charge is 2.41. The van der Waals surface area contributed by atoms with E-state index >= 15 is 0 Å². The van der Waals surface area contributed by atoms with E-state index in [1.807, 2.05) is 43.2 Å². The molecule has 1 aromatic rings. The summed E-state index contributed by atoms with van der Waals surface area (Å²) in [5.41, 5.74) is 2.64. The summed E-state index contributed by atoms with van der Waals surface area (Å²) in [6.45, 7) is 6.65. The zero-order chi connectivity index (χ0) is 24.1. The highest BCUT2D eigenvalue weighted by molar-refractivity contribution is 8.16. The van der Waals surface area contributed by atoms with Gasteiger partial charge in [-0.05, 0) is 35.4 Å². The minimum Gasteiger partial charge on any atom is -0.497 e. The summed E-state index contributed by atoms with van der Waals surface area (Å²) in [5, 5.41) is 5.60. The molecule has 178 valence electrons. The molecule has 0 saturated carbocycles. The van der Waals surface area contributed by atoms with Crippen LogP contribution < -0.4 is 14.8 Å². The maximum Gasteiger partial charge on any atom is 0.338 e. The topological polar surface area (TPSA) is 89.5 Å². The summed E-state index contributed by atoms with van der Waals surface area (Å²) < 4.78 is 16.1. The Morgan fingerprint density at radius 2 is 1.82 bits per heavy atom. The van der Waals surface area contributed by atoms with Gasteiger partial charge in [-0.1, -0.05) is 32.5 Å². The SMILES string of the molecule is CCC1=C(C(=O)OC)C(c2cc(OC)cc(OC)c2)N2C(CC(=O)NCC(C)C)=CSC2=N1. The van der Waals surface area contributed by atoms with Crippen LogP contribution >= 0.6 is 11.8 Å². The Hall–Kier alpha value is -2.94. The van der Waals surface area contributed by atoms with Crippen LogP contribution in [0.3, 0.4) is 0 Å². The van der Waals surface area contributed by atoms with Gasteiger partial charge < -0.3 is 24.4 Å². The number of carbonyl (C=O) groups is 2. The highest BCUT2D eigenvalue weighted by atomic mass is 32.2. The highest BCUT2D eigenvalue weighted by Crippen LogP contribution is 2.46. The van der Waals surface area contributed by atoms with Gasteiger partial charge in [-0.2, -0.15) is 0 Å². The van der Waals surface area contributed by atoms with Gasteiger partial charge in [0, 0.05) is 18.3 Å². The van der Waals surface area contributed by atoms with Crippen LogP contribution in [0.2, 0.25) is 0 Å². The van der Waals surface area contributed by atoms with Crippen LogP contribution in [0.4, 0.5) is 0 Å². The van der Waals surface area contributed by atoms with Gasteiger partial charge in [0.25, 0.3) is 0 Å². The summed E-state index contributed by atoms with van der Waals surface area (Å²) in [6.07, 6.45) is 0.733. The zero-order valence-electron chi connectivity index (χ0n) is 19.9. The lowest BCUT2D eigenvalue weighted by molar-refractivity contribution is -0.136. The van der Waals surface area contributed by atoms with Crippen molar-refractivity contribution in [3.63, 3.8) is 0 Å². The molecule has 8 nitrogen and oxygen atoms in total. The average molecular weight is 474 g/mol. The van der Waals surface area contributed by atoms with Gasteiger partial charge in [-0.25, -0.2) is 9.79 Å². The maximum absolute atomic E-state index is 13.0. The van der Waals surface area contributed by atoms with E-state index in [0.29, 0.717) is 41.7 Å². The van der Waals surface area contributed by atoms with Gasteiger partial charge >= 0.3 is 5.97 Å². The number of benzene rings is 1. The first-order valence-electron chi connectivity index (χ1n) is 10.9. The van der Waals surface area contributed by atoms with E-state index in [2.05, 4.69) is 5.32 Å². The van der Waals surface area contributed by atoms with Crippen LogP contribution in [0.1, 0.15) is 45.2 Å². The predicted molar refractivity (Wildman–Crippen MR) is 129 cm³/mol. The third kappa shape index (κ3) is 5.35. The lowest BCUT2D eigenvalue weighted by atomic mass is 9.92. The predicted octanol–water partition coefficient (Wildman–Crippen LogP) is 4.00. The Morgan fingerprint density at radius 1 is 1.15 bits per heavy atom. The fourth-order valence-electron chi connectivity index (χ4n) is 3.76. The standard InChI is InChI=1S/C24H31N3O5S/c1-7-19-21(23(29)32-6)22(15-8-17(30-4)11-18(9-15)31-5)27-16(13-33-24(27)26-19)10-20(28)25-12-14(2)3/h8-9,11,13-14,22H,7,10,12H2,1-6H3,(H,25,28). The molecule has 0 bridgehead atoms. The number of allylic oxidation sites excluding steroid dienone is 1. The molecule has 0 spiro atoms. The molecular formula is C24H31N3O5S. The molecule has 1 N–H and O–H groups in total. The van der Waals surface area contributed by atoms with Crippen molar-refractivity contribution >= 4 is 28.8 Å². The number of esters is 1. The largest absolute Gasteiger partial charge is 0.497 e. The number of ether oxygens (including phenoxy) is 3. The van der Waals surface area contributed by atoms with E-state index in [9.17, 15) is 9.59 Å². The van der Waals surface area contributed by atoms with Crippen LogP contribution in [0.15, 0.2) is 45.6 Å². The van der Waals surface area contributed by atoms with E-state index in [1.165, 1.54) is 18.9 Å². The summed E-state index contributed by atoms with van der Waals surface area (Å²) in [6, 6.07) is 4.97. The second-order valence-corrected chi connectivity index (χ2v) is 8.96. The Kier molecular flexibility index (Phi) is 8.07. The zero-order valence-corrected chi connectivity index (χ0v) is 20.7. The van der Waals surface area contributed by atoms with Crippen molar-refractivity contribution in [2.45, 2.75) is 39.7 Å². The van der Waals surface area contributed by atoms with Crippen LogP contribution in [0, 0.1) is 5.92 Å². The first kappa shape index (κ1) is 24.7. The van der Waals surface area contributed by atoms with Crippen molar-refractivity contribution in [2.24, 2.45) is 10.9 Å². The number of rotatable bonds is 9. The smallest absolute Gasteiger partial charge is 0.338 e. The molecule has 2 aliphatic heterocycles. The normalized spacial score (nSPS) is 17.4. The lowest BCUT2D eigenvalue weighted by Crippen LogP contribution is -2.38. The molecule has 1 unspecified atom stereocenters. The molecule has 2 aliphatic rings. The number of hydrogen-bond acceptors (Lipinski definition) is 8. The second kappa shape index (κ2) is 10.8. The summed E-state index contributed by atoms with van der Waals surface area (Å²) >= 11 is 1.44. The molecule has 1 atom stereocenters. The molecule has 1 aromatic carbocycles. The molecule has 33 heavy (non-hydrogen) atoms. The number of thioether (sulfide) groups is 1. The summed E-state index contributed by atoms with van der Waals surface area (Å²) in [5.74, 6) is 1.02. The second-order valence-electron chi connectivity index (χ2n) is 8.12. The van der Waals surface area contributed by atoms with E-state index in [0.717, 1.165) is 16.4 Å². The number of carbonyl (C=O) groups excluding carboxylic acids is 2. The Balaban J connectivity index is 2.09. The van der Waals surface area contributed by atoms with Gasteiger partial charge in [0.05, 0.1) is 45.1 Å². The molecule has 0 saturated heterocycles. The third-order valence-electron chi connectivity index (χ3n) is 5.37. The van der Waals surface area contributed by atoms with E-state index < -0.39 is 12.0 Å². The van der Waals surface area contributed by atoms with Gasteiger partial charge in [0.15, 0.2) is 5.17 Å². The van der Waals surface area contributed by atoms with Crippen LogP contribution in [-0.2, 0) is 14.3 Å². The first-order valence-corrected chi connectivity index (χ1v) is 11.7. The monoisotopic (exact) mass is 473 g/mol. The fraction of sp³-hybridized carbons (Fsp3) is 0.458. The van der Waals surface area contributed by atoms with Crippen molar-refractivity contribution in [1.82, 2.24) is 10.2 Å². The number of hydrogen-bond donors (Lipinski definition) is 1. The maximum atomic E-state index is 13.0. The summed E-state index contributed by atoms with van der Waals surface area (Å²) in [4.78, 5) is 32.3. The Morgan fingerprint density at radius 3 is 2.36 bits per heavy atom. The van der Waals surface area contributed by atoms with Crippen LogP contribution in [0.25, 0.3) is 0 Å². The van der Waals surface area contributed by atoms with Crippen molar-refractivity contribution < 1.29 is 23.8 Å². The summed E-state index contributed by atoms with van der Waals surface area (Å²) in [7, 11) is 4.52. The third-order valence-corrected chi connectivity index (χ3v) is 6.26. The van der Waals surface area contributed by atoms with Gasteiger partial charge in [-0.3, -0.25) is 4.79 Å². The lowest BCUT2D eigenvalue weighted by Gasteiger charge is -2.36. The van der Waals surface area contributed by atoms with E-state index in [4.69, 9.17) is 19.2 Å². The molecule has 0 radical (unpaired) electrons. The molecule has 0 aromatic heterocycles. The number of nitrogens with zero attached hydrogens (tertiary/aromatic N) is 2. The molecule has 2 heterocycles. The average Bonchev–Trinajstić information content (AvgIpc) is 3.22. The number of fused-ring (bicyclic) bond motifs is 1. The molecule has 1 amide bonds. The van der Waals surface area contributed by atoms with Crippen LogP contribution in [0.5, 0.6) is 11.5 Å². The van der Waals surface area contributed by atoms with Gasteiger partial charge in [0.1, 0.15) is 11.5 Å². The molecule has 0 fully saturated rings. The van der Waals surface area contributed by atoms with E-state index in [-0.39, 0.29) is 12.3 Å². The quantitative estimate of drug-likeness (QED) is 0.542.